The van der Waals surface area contributed by atoms with Gasteiger partial charge in [0.1, 0.15) is 5.71 Å². The third kappa shape index (κ3) is 3.54. The summed E-state index contributed by atoms with van der Waals surface area (Å²) in [5, 5.41) is 3.88. The maximum atomic E-state index is 11.8. The van der Waals surface area contributed by atoms with Crippen molar-refractivity contribution in [3.8, 4) is 0 Å². The van der Waals surface area contributed by atoms with Gasteiger partial charge in [0.05, 0.1) is 5.56 Å². The zero-order chi connectivity index (χ0) is 15.4. The van der Waals surface area contributed by atoms with Gasteiger partial charge in [-0.3, -0.25) is 4.79 Å². The van der Waals surface area contributed by atoms with Crippen molar-refractivity contribution in [2.24, 2.45) is 11.1 Å². The predicted molar refractivity (Wildman–Crippen MR) is 81.0 cm³/mol. The molecular formula is C17H17NO3. The van der Waals surface area contributed by atoms with Gasteiger partial charge in [0.15, 0.2) is 5.78 Å². The first-order chi connectivity index (χ1) is 9.99. The van der Waals surface area contributed by atoms with E-state index < -0.39 is 5.97 Å². The standard InChI is InChI=1S/C17H17NO3/c1-11(2)14-10-15(12(3)9-16(14)19)18-21-17(20)13-7-5-4-6-8-13/h4-11H,1-3H3/b18-15+. The number of benzene rings is 1. The van der Waals surface area contributed by atoms with Crippen LogP contribution in [0.1, 0.15) is 31.1 Å². The molecule has 0 saturated carbocycles. The molecule has 1 aromatic rings. The van der Waals surface area contributed by atoms with Crippen LogP contribution in [0.25, 0.3) is 0 Å². The lowest BCUT2D eigenvalue weighted by Crippen LogP contribution is -2.16. The highest BCUT2D eigenvalue weighted by Crippen LogP contribution is 2.19. The van der Waals surface area contributed by atoms with Crippen LogP contribution in [-0.2, 0) is 9.63 Å². The SMILES string of the molecule is CC1=CC(=O)C(C(C)C)=C/C1=N\OC(=O)c1ccccc1. The van der Waals surface area contributed by atoms with Gasteiger partial charge in [-0.1, -0.05) is 37.2 Å². The number of allylic oxidation sites excluding steroid dienone is 4. The van der Waals surface area contributed by atoms with E-state index >= 15 is 0 Å². The van der Waals surface area contributed by atoms with Gasteiger partial charge in [0.25, 0.3) is 0 Å². The lowest BCUT2D eigenvalue weighted by atomic mass is 9.90. The van der Waals surface area contributed by atoms with Crippen LogP contribution >= 0.6 is 0 Å². The van der Waals surface area contributed by atoms with Gasteiger partial charge in [0.2, 0.25) is 0 Å². The molecule has 1 aliphatic rings. The number of hydrogen-bond acceptors (Lipinski definition) is 4. The molecule has 2 rings (SSSR count). The monoisotopic (exact) mass is 283 g/mol. The van der Waals surface area contributed by atoms with Crippen molar-refractivity contribution in [3.05, 3.63) is 59.2 Å². The normalized spacial score (nSPS) is 16.8. The largest absolute Gasteiger partial charge is 0.365 e. The van der Waals surface area contributed by atoms with Crippen molar-refractivity contribution >= 4 is 17.5 Å². The maximum absolute atomic E-state index is 11.8. The molecular weight excluding hydrogens is 266 g/mol. The molecule has 0 radical (unpaired) electrons. The fourth-order valence-corrected chi connectivity index (χ4v) is 1.95. The zero-order valence-corrected chi connectivity index (χ0v) is 12.3. The van der Waals surface area contributed by atoms with Crippen LogP contribution in [0.3, 0.4) is 0 Å². The molecule has 0 amide bonds. The third-order valence-electron chi connectivity index (χ3n) is 3.19. The van der Waals surface area contributed by atoms with E-state index in [1.54, 1.807) is 37.3 Å². The number of hydrogen-bond donors (Lipinski definition) is 0. The fourth-order valence-electron chi connectivity index (χ4n) is 1.95. The molecule has 0 aliphatic heterocycles. The van der Waals surface area contributed by atoms with E-state index in [0.29, 0.717) is 22.4 Å². The summed E-state index contributed by atoms with van der Waals surface area (Å²) in [5.74, 6) is -0.444. The predicted octanol–water partition coefficient (Wildman–Crippen LogP) is 3.31. The molecule has 0 N–H and O–H groups in total. The van der Waals surface area contributed by atoms with Crippen molar-refractivity contribution in [3.63, 3.8) is 0 Å². The second-order valence-electron chi connectivity index (χ2n) is 5.17. The smallest absolute Gasteiger partial charge is 0.312 e. The molecule has 0 fully saturated rings. The van der Waals surface area contributed by atoms with Crippen LogP contribution in [0.2, 0.25) is 0 Å². The molecule has 0 aromatic heterocycles. The van der Waals surface area contributed by atoms with Crippen LogP contribution in [0.4, 0.5) is 0 Å². The Morgan fingerprint density at radius 3 is 2.43 bits per heavy atom. The van der Waals surface area contributed by atoms with Crippen molar-refractivity contribution in [1.82, 2.24) is 0 Å². The molecule has 0 heterocycles. The van der Waals surface area contributed by atoms with Crippen LogP contribution in [0.15, 0.2) is 58.8 Å². The lowest BCUT2D eigenvalue weighted by molar-refractivity contribution is -0.111. The molecule has 4 nitrogen and oxygen atoms in total. The number of rotatable bonds is 3. The van der Waals surface area contributed by atoms with Crippen LogP contribution in [-0.4, -0.2) is 17.5 Å². The van der Waals surface area contributed by atoms with Gasteiger partial charge in [-0.25, -0.2) is 4.79 Å². The van der Waals surface area contributed by atoms with Crippen molar-refractivity contribution in [2.45, 2.75) is 20.8 Å². The highest BCUT2D eigenvalue weighted by atomic mass is 16.7. The van der Waals surface area contributed by atoms with Crippen molar-refractivity contribution in [2.75, 3.05) is 0 Å². The second kappa shape index (κ2) is 6.31. The number of nitrogens with zero attached hydrogens (tertiary/aromatic N) is 1. The van der Waals surface area contributed by atoms with Gasteiger partial charge < -0.3 is 4.84 Å². The summed E-state index contributed by atoms with van der Waals surface area (Å²) in [4.78, 5) is 28.6. The Morgan fingerprint density at radius 1 is 1.14 bits per heavy atom. The highest BCUT2D eigenvalue weighted by Gasteiger charge is 2.19. The van der Waals surface area contributed by atoms with Crippen LogP contribution < -0.4 is 0 Å². The first kappa shape index (κ1) is 14.9. The maximum Gasteiger partial charge on any atom is 0.365 e. The van der Waals surface area contributed by atoms with Crippen LogP contribution in [0.5, 0.6) is 0 Å². The minimum absolute atomic E-state index is 0.0177. The summed E-state index contributed by atoms with van der Waals surface area (Å²) in [6, 6.07) is 8.64. The second-order valence-corrected chi connectivity index (χ2v) is 5.17. The van der Waals surface area contributed by atoms with Gasteiger partial charge in [0, 0.05) is 5.57 Å². The lowest BCUT2D eigenvalue weighted by Gasteiger charge is -2.14. The average molecular weight is 283 g/mol. The molecule has 0 spiro atoms. The number of carbonyl (C=O) groups excluding carboxylic acids is 2. The minimum atomic E-state index is -0.521. The molecule has 0 bridgehead atoms. The summed E-state index contributed by atoms with van der Waals surface area (Å²) < 4.78 is 0. The van der Waals surface area contributed by atoms with Crippen LogP contribution in [0, 0.1) is 5.92 Å². The average Bonchev–Trinajstić information content (AvgIpc) is 2.46. The van der Waals surface area contributed by atoms with E-state index in [1.807, 2.05) is 19.9 Å². The molecule has 0 saturated heterocycles. The summed E-state index contributed by atoms with van der Waals surface area (Å²) in [5.41, 5.74) is 2.28. The summed E-state index contributed by atoms with van der Waals surface area (Å²) >= 11 is 0. The minimum Gasteiger partial charge on any atom is -0.312 e. The third-order valence-corrected chi connectivity index (χ3v) is 3.19. The van der Waals surface area contributed by atoms with E-state index in [2.05, 4.69) is 5.16 Å². The quantitative estimate of drug-likeness (QED) is 0.486. The molecule has 1 aromatic carbocycles. The Morgan fingerprint density at radius 2 is 1.81 bits per heavy atom. The number of oxime groups is 1. The molecule has 108 valence electrons. The Kier molecular flexibility index (Phi) is 4.48. The summed E-state index contributed by atoms with van der Waals surface area (Å²) in [6.45, 7) is 5.64. The Labute approximate surface area is 123 Å². The Balaban J connectivity index is 2.19. The first-order valence-corrected chi connectivity index (χ1v) is 6.78. The topological polar surface area (TPSA) is 55.7 Å². The highest BCUT2D eigenvalue weighted by molar-refractivity contribution is 6.21. The molecule has 0 atom stereocenters. The van der Waals surface area contributed by atoms with E-state index in [1.165, 1.54) is 6.08 Å². The Hall–Kier alpha value is -2.49. The molecule has 1 aliphatic carbocycles. The van der Waals surface area contributed by atoms with E-state index in [-0.39, 0.29) is 11.7 Å². The van der Waals surface area contributed by atoms with E-state index in [0.717, 1.165) is 0 Å². The van der Waals surface area contributed by atoms with Gasteiger partial charge in [-0.15, -0.1) is 0 Å². The van der Waals surface area contributed by atoms with E-state index in [9.17, 15) is 9.59 Å². The van der Waals surface area contributed by atoms with Crippen molar-refractivity contribution < 1.29 is 14.4 Å². The number of carbonyl (C=O) groups is 2. The first-order valence-electron chi connectivity index (χ1n) is 6.78. The Bertz CT molecular complexity index is 652. The van der Waals surface area contributed by atoms with Gasteiger partial charge in [-0.2, -0.15) is 0 Å². The molecule has 0 unspecified atom stereocenters. The molecule has 21 heavy (non-hydrogen) atoms. The van der Waals surface area contributed by atoms with Crippen molar-refractivity contribution in [1.29, 1.82) is 0 Å². The molecule has 4 heteroatoms. The summed E-state index contributed by atoms with van der Waals surface area (Å²) in [7, 11) is 0. The number of ketones is 1. The zero-order valence-electron chi connectivity index (χ0n) is 12.3. The van der Waals surface area contributed by atoms with Gasteiger partial charge >= 0.3 is 5.97 Å². The van der Waals surface area contributed by atoms with Gasteiger partial charge in [-0.05, 0) is 42.7 Å². The van der Waals surface area contributed by atoms with E-state index in [4.69, 9.17) is 4.84 Å². The summed E-state index contributed by atoms with van der Waals surface area (Å²) in [6.07, 6.45) is 3.20. The fraction of sp³-hybridized carbons (Fsp3) is 0.235.